The number of hydrogen-bond acceptors (Lipinski definition) is 4. The summed E-state index contributed by atoms with van der Waals surface area (Å²) in [5.74, 6) is -0.118. The molecule has 1 amide bonds. The van der Waals surface area contributed by atoms with Crippen molar-refractivity contribution in [3.63, 3.8) is 0 Å². The number of benzene rings is 1. The number of nitrogens with one attached hydrogen (secondary N) is 2. The fraction of sp³-hybridized carbons (Fsp3) is 0.333. The normalized spacial score (nSPS) is 16.0. The third-order valence-corrected chi connectivity index (χ3v) is 5.73. The number of nitrogens with zero attached hydrogens (tertiary/aromatic N) is 2. The lowest BCUT2D eigenvalue weighted by Crippen LogP contribution is -2.44. The quantitative estimate of drug-likeness (QED) is 0.768. The number of carbonyl (C=O) groups excluding carboxylic acids is 1. The summed E-state index contributed by atoms with van der Waals surface area (Å²) in [6.45, 7) is 4.82. The summed E-state index contributed by atoms with van der Waals surface area (Å²) in [5.41, 5.74) is 2.79. The molecule has 1 atom stereocenters. The van der Waals surface area contributed by atoms with E-state index in [1.54, 1.807) is 0 Å². The molecule has 1 aromatic carbocycles. The fourth-order valence-corrected chi connectivity index (χ4v) is 4.13. The average molecular weight is 340 g/mol. The van der Waals surface area contributed by atoms with E-state index in [2.05, 4.69) is 38.8 Å². The molecule has 0 spiro atoms. The van der Waals surface area contributed by atoms with Crippen molar-refractivity contribution < 1.29 is 4.79 Å². The highest BCUT2D eigenvalue weighted by Gasteiger charge is 2.22. The van der Waals surface area contributed by atoms with Crippen LogP contribution < -0.4 is 5.32 Å². The summed E-state index contributed by atoms with van der Waals surface area (Å²) in [7, 11) is 0. The predicted octanol–water partition coefficient (Wildman–Crippen LogP) is 2.80. The number of thiophene rings is 1. The molecule has 3 heterocycles. The van der Waals surface area contributed by atoms with Crippen LogP contribution in [0.2, 0.25) is 0 Å². The highest BCUT2D eigenvalue weighted by molar-refractivity contribution is 7.10. The van der Waals surface area contributed by atoms with Gasteiger partial charge in [0, 0.05) is 35.9 Å². The number of aromatic amines is 1. The summed E-state index contributed by atoms with van der Waals surface area (Å²) in [6, 6.07) is 10.2. The van der Waals surface area contributed by atoms with Gasteiger partial charge in [0.2, 0.25) is 0 Å². The third-order valence-electron chi connectivity index (χ3n) is 4.70. The van der Waals surface area contributed by atoms with Gasteiger partial charge in [0.1, 0.15) is 0 Å². The lowest BCUT2D eigenvalue weighted by atomic mass is 10.1. The first-order valence-corrected chi connectivity index (χ1v) is 9.11. The summed E-state index contributed by atoms with van der Waals surface area (Å²) in [4.78, 5) is 16.4. The Morgan fingerprint density at radius 2 is 2.29 bits per heavy atom. The van der Waals surface area contributed by atoms with E-state index in [0.717, 1.165) is 30.4 Å². The van der Waals surface area contributed by atoms with Gasteiger partial charge >= 0.3 is 0 Å². The number of fused-ring (bicyclic) bond motifs is 2. The lowest BCUT2D eigenvalue weighted by Gasteiger charge is -2.32. The largest absolute Gasteiger partial charge is 0.349 e. The number of para-hydroxylation sites is 1. The van der Waals surface area contributed by atoms with Crippen LogP contribution >= 0.6 is 11.3 Å². The zero-order valence-corrected chi connectivity index (χ0v) is 14.4. The molecule has 2 aromatic heterocycles. The van der Waals surface area contributed by atoms with Crippen molar-refractivity contribution in [2.45, 2.75) is 25.9 Å². The van der Waals surface area contributed by atoms with E-state index in [1.165, 1.54) is 10.4 Å². The molecule has 0 bridgehead atoms. The Morgan fingerprint density at radius 1 is 1.42 bits per heavy atom. The third kappa shape index (κ3) is 2.83. The van der Waals surface area contributed by atoms with E-state index in [1.807, 2.05) is 35.6 Å². The topological polar surface area (TPSA) is 61.0 Å². The van der Waals surface area contributed by atoms with Gasteiger partial charge in [-0.15, -0.1) is 11.3 Å². The smallest absolute Gasteiger partial charge is 0.272 e. The molecule has 1 unspecified atom stereocenters. The molecule has 5 nitrogen and oxygen atoms in total. The molecular formula is C18H20N4OS. The molecule has 0 aliphatic carbocycles. The number of aromatic nitrogens is 2. The van der Waals surface area contributed by atoms with Gasteiger partial charge in [-0.3, -0.25) is 14.8 Å². The zero-order valence-electron chi connectivity index (χ0n) is 13.6. The minimum Gasteiger partial charge on any atom is -0.349 e. The van der Waals surface area contributed by atoms with Gasteiger partial charge in [0.25, 0.3) is 5.91 Å². The minimum absolute atomic E-state index is 0.118. The first kappa shape index (κ1) is 15.4. The Balaban J connectivity index is 1.39. The van der Waals surface area contributed by atoms with Crippen LogP contribution in [0.1, 0.15) is 27.9 Å². The number of H-pyrrole nitrogens is 1. The summed E-state index contributed by atoms with van der Waals surface area (Å²) < 4.78 is 0. The van der Waals surface area contributed by atoms with Crippen molar-refractivity contribution in [2.24, 2.45) is 0 Å². The first-order valence-electron chi connectivity index (χ1n) is 8.23. The summed E-state index contributed by atoms with van der Waals surface area (Å²) >= 11 is 1.85. The zero-order chi connectivity index (χ0) is 16.5. The molecule has 1 aliphatic heterocycles. The molecule has 2 N–H and O–H groups in total. The van der Waals surface area contributed by atoms with Crippen molar-refractivity contribution >= 4 is 28.1 Å². The molecule has 0 fully saturated rings. The van der Waals surface area contributed by atoms with Gasteiger partial charge in [-0.25, -0.2) is 0 Å². The molecule has 4 rings (SSSR count). The van der Waals surface area contributed by atoms with Gasteiger partial charge in [0.15, 0.2) is 5.69 Å². The average Bonchev–Trinajstić information content (AvgIpc) is 3.25. The molecule has 6 heteroatoms. The number of hydrogen-bond donors (Lipinski definition) is 2. The Bertz CT molecular complexity index is 869. The van der Waals surface area contributed by atoms with E-state index in [4.69, 9.17) is 0 Å². The van der Waals surface area contributed by atoms with Crippen molar-refractivity contribution in [2.75, 3.05) is 13.1 Å². The Hall–Kier alpha value is -2.18. The Morgan fingerprint density at radius 3 is 3.21 bits per heavy atom. The fourth-order valence-electron chi connectivity index (χ4n) is 3.24. The molecule has 124 valence electrons. The van der Waals surface area contributed by atoms with Gasteiger partial charge in [0.05, 0.1) is 5.52 Å². The van der Waals surface area contributed by atoms with Crippen LogP contribution in [0.5, 0.6) is 0 Å². The van der Waals surface area contributed by atoms with Crippen LogP contribution in [0.15, 0.2) is 35.7 Å². The lowest BCUT2D eigenvalue weighted by molar-refractivity contribution is 0.0929. The van der Waals surface area contributed by atoms with Crippen molar-refractivity contribution in [3.8, 4) is 0 Å². The highest BCUT2D eigenvalue weighted by atomic mass is 32.1. The van der Waals surface area contributed by atoms with E-state index in [-0.39, 0.29) is 5.91 Å². The second kappa shape index (κ2) is 6.37. The maximum Gasteiger partial charge on any atom is 0.272 e. The number of rotatable bonds is 4. The van der Waals surface area contributed by atoms with Crippen molar-refractivity contribution in [1.29, 1.82) is 0 Å². The van der Waals surface area contributed by atoms with Crippen LogP contribution in [-0.4, -0.2) is 40.1 Å². The molecule has 1 aliphatic rings. The molecule has 0 radical (unpaired) electrons. The van der Waals surface area contributed by atoms with Crippen LogP contribution in [0.3, 0.4) is 0 Å². The summed E-state index contributed by atoms with van der Waals surface area (Å²) in [5, 5.41) is 13.1. The van der Waals surface area contributed by atoms with E-state index >= 15 is 0 Å². The van der Waals surface area contributed by atoms with Gasteiger partial charge in [-0.05, 0) is 36.4 Å². The van der Waals surface area contributed by atoms with Crippen LogP contribution in [0.4, 0.5) is 0 Å². The predicted molar refractivity (Wildman–Crippen MR) is 96.3 cm³/mol. The highest BCUT2D eigenvalue weighted by Crippen LogP contribution is 2.25. The van der Waals surface area contributed by atoms with E-state index in [0.29, 0.717) is 18.3 Å². The Labute approximate surface area is 144 Å². The molecule has 0 saturated carbocycles. The molecule has 3 aromatic rings. The Kier molecular flexibility index (Phi) is 4.08. The number of carbonyl (C=O) groups is 1. The van der Waals surface area contributed by atoms with Crippen LogP contribution in [0.25, 0.3) is 10.9 Å². The molecule has 24 heavy (non-hydrogen) atoms. The second-order valence-electron chi connectivity index (χ2n) is 6.27. The van der Waals surface area contributed by atoms with E-state index < -0.39 is 0 Å². The first-order chi connectivity index (χ1) is 11.7. The SMILES string of the molecule is CC(CNC(=O)c1n[nH]c2ccccc12)N1CCc2sccc2C1. The van der Waals surface area contributed by atoms with Gasteiger partial charge in [-0.1, -0.05) is 18.2 Å². The van der Waals surface area contributed by atoms with Gasteiger partial charge < -0.3 is 5.32 Å². The maximum atomic E-state index is 12.5. The minimum atomic E-state index is -0.118. The number of amides is 1. The van der Waals surface area contributed by atoms with Gasteiger partial charge in [-0.2, -0.15) is 5.10 Å². The van der Waals surface area contributed by atoms with Crippen LogP contribution in [-0.2, 0) is 13.0 Å². The monoisotopic (exact) mass is 340 g/mol. The maximum absolute atomic E-state index is 12.5. The molecule has 0 saturated heterocycles. The second-order valence-corrected chi connectivity index (χ2v) is 7.27. The standard InChI is InChI=1S/C18H20N4OS/c1-12(22-8-6-16-13(11-22)7-9-24-16)10-19-18(23)17-14-4-2-3-5-15(14)20-21-17/h2-5,7,9,12H,6,8,10-11H2,1H3,(H,19,23)(H,20,21). The van der Waals surface area contributed by atoms with E-state index in [9.17, 15) is 4.79 Å². The molecular weight excluding hydrogens is 320 g/mol. The van der Waals surface area contributed by atoms with Crippen molar-refractivity contribution in [1.82, 2.24) is 20.4 Å². The summed E-state index contributed by atoms with van der Waals surface area (Å²) in [6.07, 6.45) is 1.11. The van der Waals surface area contributed by atoms with Crippen LogP contribution in [0, 0.1) is 0 Å². The van der Waals surface area contributed by atoms with Crippen molar-refractivity contribution in [3.05, 3.63) is 51.8 Å².